The Morgan fingerprint density at radius 1 is 1.03 bits per heavy atom. The van der Waals surface area contributed by atoms with Gasteiger partial charge in [-0.2, -0.15) is 5.26 Å². The van der Waals surface area contributed by atoms with E-state index < -0.39 is 11.2 Å². The largest absolute Gasteiger partial charge is 0.488 e. The first kappa shape index (κ1) is 21.2. The van der Waals surface area contributed by atoms with Crippen LogP contribution in [0.4, 0.5) is 0 Å². The summed E-state index contributed by atoms with van der Waals surface area (Å²) in [4.78, 5) is 25.2. The third-order valence-corrected chi connectivity index (χ3v) is 5.32. The molecule has 0 aliphatic carbocycles. The molecule has 0 amide bonds. The number of fused-ring (bicyclic) bond motifs is 1. The summed E-state index contributed by atoms with van der Waals surface area (Å²) in [6, 6.07) is 17.7. The molecule has 0 atom stereocenters. The number of aryl methyl sites for hydroxylation is 1. The Labute approximate surface area is 188 Å². The molecule has 4 aromatic rings. The van der Waals surface area contributed by atoms with E-state index in [2.05, 4.69) is 11.1 Å². The van der Waals surface area contributed by atoms with Gasteiger partial charge < -0.3 is 9.47 Å². The molecule has 0 saturated heterocycles. The molecule has 1 N–H and O–H groups in total. The van der Waals surface area contributed by atoms with E-state index in [1.54, 1.807) is 30.3 Å². The highest BCUT2D eigenvalue weighted by Crippen LogP contribution is 2.40. The number of H-pyrrole nitrogens is 1. The second-order valence-corrected chi connectivity index (χ2v) is 7.46. The van der Waals surface area contributed by atoms with Gasteiger partial charge in [0.25, 0.3) is 5.56 Å². The average Bonchev–Trinajstić information content (AvgIpc) is 2.79. The van der Waals surface area contributed by atoms with Gasteiger partial charge in [0.05, 0.1) is 23.2 Å². The maximum Gasteiger partial charge on any atom is 0.328 e. The Morgan fingerprint density at radius 2 is 1.81 bits per heavy atom. The lowest BCUT2D eigenvalue weighted by atomic mass is 10.0. The molecule has 0 spiro atoms. The predicted octanol–water partition coefficient (Wildman–Crippen LogP) is 4.39. The number of para-hydroxylation sites is 2. The quantitative estimate of drug-likeness (QED) is 0.472. The predicted molar refractivity (Wildman–Crippen MR) is 122 cm³/mol. The van der Waals surface area contributed by atoms with E-state index in [-0.39, 0.29) is 13.2 Å². The molecule has 0 bridgehead atoms. The van der Waals surface area contributed by atoms with Crippen molar-refractivity contribution >= 4 is 22.4 Å². The Hall–Kier alpha value is -4.02. The summed E-state index contributed by atoms with van der Waals surface area (Å²) in [5.74, 6) is 1.38. The topological polar surface area (TPSA) is 97.1 Å². The average molecular weight is 448 g/mol. The normalized spacial score (nSPS) is 10.7. The van der Waals surface area contributed by atoms with Gasteiger partial charge in [0, 0.05) is 17.6 Å². The highest BCUT2D eigenvalue weighted by molar-refractivity contribution is 6.37. The van der Waals surface area contributed by atoms with Crippen molar-refractivity contribution in [2.75, 3.05) is 6.61 Å². The van der Waals surface area contributed by atoms with Crippen molar-refractivity contribution in [1.82, 2.24) is 9.55 Å². The van der Waals surface area contributed by atoms with Crippen molar-refractivity contribution in [3.05, 3.63) is 97.8 Å². The van der Waals surface area contributed by atoms with E-state index in [0.29, 0.717) is 27.8 Å². The van der Waals surface area contributed by atoms with Gasteiger partial charge in [0.2, 0.25) is 0 Å². The number of aromatic nitrogens is 2. The maximum atomic E-state index is 11.8. The van der Waals surface area contributed by atoms with E-state index in [1.165, 1.54) is 16.8 Å². The second-order valence-electron chi connectivity index (χ2n) is 7.08. The fourth-order valence-corrected chi connectivity index (χ4v) is 3.58. The summed E-state index contributed by atoms with van der Waals surface area (Å²) in [7, 11) is 0. The van der Waals surface area contributed by atoms with Gasteiger partial charge in [-0.05, 0) is 48.2 Å². The third-order valence-electron chi connectivity index (χ3n) is 4.93. The lowest BCUT2D eigenvalue weighted by molar-refractivity contribution is 0.283. The van der Waals surface area contributed by atoms with Crippen LogP contribution in [0.2, 0.25) is 5.02 Å². The first-order valence-corrected chi connectivity index (χ1v) is 10.2. The van der Waals surface area contributed by atoms with Crippen molar-refractivity contribution in [2.45, 2.75) is 13.5 Å². The molecule has 0 unspecified atom stereocenters. The number of ether oxygens (including phenoxy) is 2. The Kier molecular flexibility index (Phi) is 5.97. The fourth-order valence-electron chi connectivity index (χ4n) is 3.33. The molecule has 4 rings (SSSR count). The molecule has 0 radical (unpaired) electrons. The highest BCUT2D eigenvalue weighted by Gasteiger charge is 2.14. The molecule has 160 valence electrons. The van der Waals surface area contributed by atoms with Gasteiger partial charge in [-0.1, -0.05) is 29.8 Å². The van der Waals surface area contributed by atoms with Crippen molar-refractivity contribution in [3.63, 3.8) is 0 Å². The summed E-state index contributed by atoms with van der Waals surface area (Å²) in [5.41, 5.74) is 0.521. The summed E-state index contributed by atoms with van der Waals surface area (Å²) < 4.78 is 13.3. The minimum atomic E-state index is -0.499. The number of rotatable bonds is 6. The van der Waals surface area contributed by atoms with Crippen molar-refractivity contribution < 1.29 is 9.47 Å². The molecular weight excluding hydrogens is 430 g/mol. The van der Waals surface area contributed by atoms with Crippen molar-refractivity contribution in [1.29, 1.82) is 5.26 Å². The lowest BCUT2D eigenvalue weighted by Crippen LogP contribution is -2.30. The smallest absolute Gasteiger partial charge is 0.328 e. The molecule has 0 aliphatic heterocycles. The molecule has 0 fully saturated rings. The summed E-state index contributed by atoms with van der Waals surface area (Å²) in [6.45, 7) is 2.38. The van der Waals surface area contributed by atoms with Crippen LogP contribution in [-0.4, -0.2) is 16.2 Å². The highest BCUT2D eigenvalue weighted by atomic mass is 35.5. The third kappa shape index (κ3) is 4.36. The monoisotopic (exact) mass is 447 g/mol. The number of hydrogen-bond donors (Lipinski definition) is 1. The zero-order valence-corrected chi connectivity index (χ0v) is 17.8. The molecule has 8 heteroatoms. The minimum Gasteiger partial charge on any atom is -0.488 e. The van der Waals surface area contributed by atoms with Gasteiger partial charge in [0.15, 0.2) is 11.5 Å². The number of nitriles is 1. The second kappa shape index (κ2) is 9.00. The minimum absolute atomic E-state index is 0.183. The van der Waals surface area contributed by atoms with E-state index in [9.17, 15) is 14.9 Å². The van der Waals surface area contributed by atoms with Crippen LogP contribution in [0.1, 0.15) is 11.1 Å². The fraction of sp³-hybridized carbons (Fsp3) is 0.125. The molecule has 0 aliphatic rings. The van der Waals surface area contributed by atoms with Crippen LogP contribution in [-0.2, 0) is 6.54 Å². The lowest BCUT2D eigenvalue weighted by Gasteiger charge is -2.15. The van der Waals surface area contributed by atoms with E-state index in [1.807, 2.05) is 25.1 Å². The number of nitrogens with zero attached hydrogens (tertiary/aromatic N) is 2. The molecule has 1 aromatic heterocycles. The van der Waals surface area contributed by atoms with Crippen LogP contribution >= 0.6 is 11.6 Å². The number of aromatic amines is 1. The summed E-state index contributed by atoms with van der Waals surface area (Å²) in [6.07, 6.45) is 1.42. The number of benzene rings is 3. The van der Waals surface area contributed by atoms with Gasteiger partial charge in [-0.15, -0.1) is 0 Å². The molecule has 0 saturated carbocycles. The van der Waals surface area contributed by atoms with E-state index in [0.717, 1.165) is 16.3 Å². The van der Waals surface area contributed by atoms with E-state index in [4.69, 9.17) is 21.1 Å². The van der Waals surface area contributed by atoms with Gasteiger partial charge in [0.1, 0.15) is 12.4 Å². The number of nitrogens with one attached hydrogen (secondary N) is 1. The molecule has 7 nitrogen and oxygen atoms in total. The first-order chi connectivity index (χ1) is 15.5. The van der Waals surface area contributed by atoms with Crippen LogP contribution in [0, 0.1) is 18.3 Å². The molecule has 3 aromatic carbocycles. The van der Waals surface area contributed by atoms with Crippen LogP contribution in [0.3, 0.4) is 0 Å². The van der Waals surface area contributed by atoms with Crippen LogP contribution in [0.25, 0.3) is 10.8 Å². The van der Waals surface area contributed by atoms with Crippen LogP contribution in [0.15, 0.2) is 70.4 Å². The van der Waals surface area contributed by atoms with Crippen LogP contribution < -0.4 is 20.7 Å². The molecule has 32 heavy (non-hydrogen) atoms. The summed E-state index contributed by atoms with van der Waals surface area (Å²) >= 11 is 6.62. The van der Waals surface area contributed by atoms with Crippen molar-refractivity contribution in [2.24, 2.45) is 0 Å². The zero-order valence-electron chi connectivity index (χ0n) is 17.1. The Balaban J connectivity index is 1.58. The van der Waals surface area contributed by atoms with Gasteiger partial charge >= 0.3 is 5.69 Å². The number of halogens is 1. The zero-order chi connectivity index (χ0) is 22.7. The maximum absolute atomic E-state index is 11.8. The molecular formula is C24H18ClN3O4. The van der Waals surface area contributed by atoms with Crippen LogP contribution in [0.5, 0.6) is 17.2 Å². The Bertz CT molecular complexity index is 1470. The van der Waals surface area contributed by atoms with Gasteiger partial charge in [-0.3, -0.25) is 14.3 Å². The SMILES string of the molecule is Cc1cc(Oc2ccccc2OCCn2ccc(=O)[nH]c2=O)c(Cl)c2cc(C#N)ccc12. The first-order valence-electron chi connectivity index (χ1n) is 9.78. The number of hydrogen-bond acceptors (Lipinski definition) is 5. The standard InChI is InChI=1S/C24H18ClN3O4/c1-15-12-21(23(25)18-13-16(14-26)6-7-17(15)18)32-20-5-3-2-4-19(20)31-11-10-28-9-8-22(29)27-24(28)30/h2-9,12-13H,10-11H2,1H3,(H,27,29,30). The van der Waals surface area contributed by atoms with Gasteiger partial charge in [-0.25, -0.2) is 4.79 Å². The Morgan fingerprint density at radius 3 is 2.56 bits per heavy atom. The molecule has 1 heterocycles. The van der Waals surface area contributed by atoms with Crippen molar-refractivity contribution in [3.8, 4) is 23.3 Å². The van der Waals surface area contributed by atoms with E-state index >= 15 is 0 Å². The summed E-state index contributed by atoms with van der Waals surface area (Å²) in [5, 5.41) is 11.3.